The van der Waals surface area contributed by atoms with Crippen LogP contribution in [0.3, 0.4) is 0 Å². The lowest BCUT2D eigenvalue weighted by Gasteiger charge is -2.11. The molecule has 0 saturated heterocycles. The topological polar surface area (TPSA) is 81.5 Å². The smallest absolute Gasteiger partial charge is 0.335 e. The van der Waals surface area contributed by atoms with E-state index in [-0.39, 0.29) is 5.56 Å². The first kappa shape index (κ1) is 17.9. The Hall–Kier alpha value is -2.93. The van der Waals surface area contributed by atoms with E-state index < -0.39 is 5.97 Å². The maximum atomic E-state index is 11.1. The molecule has 0 unspecified atom stereocenters. The van der Waals surface area contributed by atoms with Crippen molar-refractivity contribution in [2.24, 2.45) is 0 Å². The Kier molecular flexibility index (Phi) is 5.48. The van der Waals surface area contributed by atoms with E-state index in [9.17, 15) is 4.79 Å². The Morgan fingerprint density at radius 2 is 1.85 bits per heavy atom. The van der Waals surface area contributed by atoms with Gasteiger partial charge in [-0.2, -0.15) is 0 Å². The van der Waals surface area contributed by atoms with E-state index in [0.717, 1.165) is 10.6 Å². The number of carbonyl (C=O) groups is 1. The van der Waals surface area contributed by atoms with Crippen LogP contribution >= 0.6 is 11.3 Å². The predicted molar refractivity (Wildman–Crippen MR) is 100 cm³/mol. The van der Waals surface area contributed by atoms with Crippen molar-refractivity contribution < 1.29 is 19.4 Å². The van der Waals surface area contributed by atoms with Crippen molar-refractivity contribution in [3.05, 3.63) is 47.5 Å². The molecule has 1 aromatic carbocycles. The van der Waals surface area contributed by atoms with Crippen molar-refractivity contribution in [2.75, 3.05) is 13.2 Å². The van der Waals surface area contributed by atoms with Gasteiger partial charge in [-0.1, -0.05) is 0 Å². The quantitative estimate of drug-likeness (QED) is 0.665. The van der Waals surface area contributed by atoms with Gasteiger partial charge in [0.2, 0.25) is 0 Å². The second kappa shape index (κ2) is 7.97. The molecule has 0 amide bonds. The molecule has 0 radical (unpaired) electrons. The zero-order valence-corrected chi connectivity index (χ0v) is 15.2. The summed E-state index contributed by atoms with van der Waals surface area (Å²) in [5.74, 6) is 0.386. The second-order valence-corrected chi connectivity index (χ2v) is 6.16. The Labute approximate surface area is 155 Å². The Morgan fingerprint density at radius 1 is 1.08 bits per heavy atom. The molecule has 0 aliphatic carbocycles. The van der Waals surface area contributed by atoms with Gasteiger partial charge in [-0.3, -0.25) is 4.98 Å². The number of carboxylic acids is 1. The first-order chi connectivity index (χ1) is 12.6. The van der Waals surface area contributed by atoms with Gasteiger partial charge in [0.1, 0.15) is 10.7 Å². The average Bonchev–Trinajstić information content (AvgIpc) is 3.14. The van der Waals surface area contributed by atoms with Crippen LogP contribution in [0.2, 0.25) is 0 Å². The molecule has 26 heavy (non-hydrogen) atoms. The summed E-state index contributed by atoms with van der Waals surface area (Å²) in [5.41, 5.74) is 2.26. The number of carboxylic acid groups (broad SMARTS) is 1. The molecule has 0 aliphatic rings. The van der Waals surface area contributed by atoms with Crippen LogP contribution < -0.4 is 9.47 Å². The highest BCUT2D eigenvalue weighted by molar-refractivity contribution is 7.13. The molecule has 3 rings (SSSR count). The molecule has 0 spiro atoms. The van der Waals surface area contributed by atoms with Gasteiger partial charge in [0.25, 0.3) is 0 Å². The van der Waals surface area contributed by atoms with Crippen LogP contribution in [0.15, 0.2) is 41.9 Å². The zero-order chi connectivity index (χ0) is 18.5. The summed E-state index contributed by atoms with van der Waals surface area (Å²) in [7, 11) is 0. The van der Waals surface area contributed by atoms with Gasteiger partial charge < -0.3 is 14.6 Å². The molecule has 134 valence electrons. The Bertz CT molecular complexity index is 923. The molecule has 0 saturated carbocycles. The summed E-state index contributed by atoms with van der Waals surface area (Å²) >= 11 is 1.46. The lowest BCUT2D eigenvalue weighted by atomic mass is 10.2. The van der Waals surface area contributed by atoms with E-state index in [1.54, 1.807) is 0 Å². The monoisotopic (exact) mass is 370 g/mol. The normalized spacial score (nSPS) is 10.5. The molecule has 0 atom stereocenters. The van der Waals surface area contributed by atoms with Gasteiger partial charge in [0, 0.05) is 17.1 Å². The number of benzene rings is 1. The maximum Gasteiger partial charge on any atom is 0.335 e. The summed E-state index contributed by atoms with van der Waals surface area (Å²) in [4.78, 5) is 19.9. The van der Waals surface area contributed by atoms with Crippen LogP contribution in [-0.2, 0) is 0 Å². The van der Waals surface area contributed by atoms with Crippen molar-refractivity contribution in [3.63, 3.8) is 0 Å². The lowest BCUT2D eigenvalue weighted by Crippen LogP contribution is -1.98. The molecule has 2 aromatic heterocycles. The number of aromatic nitrogens is 2. The SMILES string of the molecule is CCOc1ccc(-c2nc(-c3cc(C(=O)O)ccn3)cs2)cc1OCC. The number of aromatic carboxylic acids is 1. The molecular formula is C19H18N2O4S. The molecule has 7 heteroatoms. The van der Waals surface area contributed by atoms with Gasteiger partial charge in [-0.05, 0) is 44.2 Å². The minimum atomic E-state index is -0.989. The fourth-order valence-electron chi connectivity index (χ4n) is 2.41. The Balaban J connectivity index is 1.93. The number of thiazole rings is 1. The predicted octanol–water partition coefficient (Wildman–Crippen LogP) is 4.37. The third kappa shape index (κ3) is 3.83. The summed E-state index contributed by atoms with van der Waals surface area (Å²) in [6.07, 6.45) is 1.47. The zero-order valence-electron chi connectivity index (χ0n) is 14.4. The molecule has 0 aliphatic heterocycles. The molecule has 1 N–H and O–H groups in total. The molecule has 3 aromatic rings. The first-order valence-corrected chi connectivity index (χ1v) is 9.05. The third-order valence-corrected chi connectivity index (χ3v) is 4.46. The van der Waals surface area contributed by atoms with E-state index in [1.165, 1.54) is 29.7 Å². The van der Waals surface area contributed by atoms with Gasteiger partial charge in [-0.25, -0.2) is 9.78 Å². The van der Waals surface area contributed by atoms with Gasteiger partial charge in [-0.15, -0.1) is 11.3 Å². The van der Waals surface area contributed by atoms with Crippen molar-refractivity contribution in [2.45, 2.75) is 13.8 Å². The Morgan fingerprint density at radius 3 is 2.58 bits per heavy atom. The standard InChI is InChI=1S/C19H18N2O4S/c1-3-24-16-6-5-12(10-17(16)25-4-2)18-21-15(11-26-18)14-9-13(19(22)23)7-8-20-14/h5-11H,3-4H2,1-2H3,(H,22,23). The highest BCUT2D eigenvalue weighted by Crippen LogP contribution is 2.35. The van der Waals surface area contributed by atoms with E-state index in [4.69, 9.17) is 14.6 Å². The largest absolute Gasteiger partial charge is 0.490 e. The van der Waals surface area contributed by atoms with Crippen LogP contribution in [-0.4, -0.2) is 34.3 Å². The number of hydrogen-bond donors (Lipinski definition) is 1. The van der Waals surface area contributed by atoms with Gasteiger partial charge >= 0.3 is 5.97 Å². The lowest BCUT2D eigenvalue weighted by molar-refractivity contribution is 0.0697. The second-order valence-electron chi connectivity index (χ2n) is 5.30. The minimum absolute atomic E-state index is 0.184. The fraction of sp³-hybridized carbons (Fsp3) is 0.211. The van der Waals surface area contributed by atoms with Crippen LogP contribution in [0, 0.1) is 0 Å². The van der Waals surface area contributed by atoms with Gasteiger partial charge in [0.15, 0.2) is 11.5 Å². The van der Waals surface area contributed by atoms with Crippen LogP contribution in [0.5, 0.6) is 11.5 Å². The minimum Gasteiger partial charge on any atom is -0.490 e. The number of pyridine rings is 1. The van der Waals surface area contributed by atoms with E-state index in [0.29, 0.717) is 36.1 Å². The highest BCUT2D eigenvalue weighted by atomic mass is 32.1. The third-order valence-electron chi connectivity index (χ3n) is 3.56. The first-order valence-electron chi connectivity index (χ1n) is 8.17. The van der Waals surface area contributed by atoms with Crippen molar-refractivity contribution in [3.8, 4) is 33.5 Å². The van der Waals surface area contributed by atoms with Crippen LogP contribution in [0.25, 0.3) is 22.0 Å². The van der Waals surface area contributed by atoms with E-state index in [2.05, 4.69) is 9.97 Å². The highest BCUT2D eigenvalue weighted by Gasteiger charge is 2.13. The summed E-state index contributed by atoms with van der Waals surface area (Å²) in [6, 6.07) is 8.68. The average molecular weight is 370 g/mol. The molecule has 0 fully saturated rings. The van der Waals surface area contributed by atoms with E-state index >= 15 is 0 Å². The molecule has 2 heterocycles. The molecule has 0 bridgehead atoms. The van der Waals surface area contributed by atoms with Crippen molar-refractivity contribution in [1.82, 2.24) is 9.97 Å². The van der Waals surface area contributed by atoms with Crippen molar-refractivity contribution >= 4 is 17.3 Å². The summed E-state index contributed by atoms with van der Waals surface area (Å²) < 4.78 is 11.2. The van der Waals surface area contributed by atoms with Crippen molar-refractivity contribution in [1.29, 1.82) is 0 Å². The van der Waals surface area contributed by atoms with Crippen LogP contribution in [0.4, 0.5) is 0 Å². The number of ether oxygens (including phenoxy) is 2. The maximum absolute atomic E-state index is 11.1. The number of rotatable bonds is 7. The van der Waals surface area contributed by atoms with Crippen LogP contribution in [0.1, 0.15) is 24.2 Å². The number of nitrogens with zero attached hydrogens (tertiary/aromatic N) is 2. The molecule has 6 nitrogen and oxygen atoms in total. The molecular weight excluding hydrogens is 352 g/mol. The summed E-state index contributed by atoms with van der Waals surface area (Å²) in [6.45, 7) is 4.95. The van der Waals surface area contributed by atoms with Gasteiger partial charge in [0.05, 0.1) is 24.5 Å². The summed E-state index contributed by atoms with van der Waals surface area (Å²) in [5, 5.41) is 11.8. The number of hydrogen-bond acceptors (Lipinski definition) is 6. The van der Waals surface area contributed by atoms with E-state index in [1.807, 2.05) is 37.4 Å². The fourth-order valence-corrected chi connectivity index (χ4v) is 3.22.